The van der Waals surface area contributed by atoms with Crippen LogP contribution in [0, 0.1) is 11.7 Å². The summed E-state index contributed by atoms with van der Waals surface area (Å²) in [5.74, 6) is -1.20. The summed E-state index contributed by atoms with van der Waals surface area (Å²) in [7, 11) is 0. The molecular weight excluding hydrogens is 264 g/mol. The summed E-state index contributed by atoms with van der Waals surface area (Å²) in [4.78, 5) is 11.5. The number of alkyl halides is 3. The number of rotatable bonds is 3. The molecular formula is C12H12F4N2O. The lowest BCUT2D eigenvalue weighted by molar-refractivity contribution is -0.137. The first-order chi connectivity index (χ1) is 8.86. The van der Waals surface area contributed by atoms with Crippen LogP contribution >= 0.6 is 0 Å². The summed E-state index contributed by atoms with van der Waals surface area (Å²) in [5.41, 5.74) is -1.43. The van der Waals surface area contributed by atoms with Crippen LogP contribution in [-0.2, 0) is 11.0 Å². The molecule has 1 saturated heterocycles. The Kier molecular flexibility index (Phi) is 3.75. The Bertz CT molecular complexity index is 483. The van der Waals surface area contributed by atoms with E-state index in [1.165, 1.54) is 0 Å². The van der Waals surface area contributed by atoms with E-state index in [1.807, 2.05) is 0 Å². The summed E-state index contributed by atoms with van der Waals surface area (Å²) in [6.45, 7) is 1.39. The summed E-state index contributed by atoms with van der Waals surface area (Å²) >= 11 is 0. The SMILES string of the molecule is O=C(CC1CNC1)Nc1cc(C(F)(F)F)ccc1F. The monoisotopic (exact) mass is 276 g/mol. The number of halogens is 4. The number of benzene rings is 1. The molecule has 0 unspecified atom stereocenters. The van der Waals surface area contributed by atoms with Crippen molar-refractivity contribution in [2.75, 3.05) is 18.4 Å². The van der Waals surface area contributed by atoms with E-state index >= 15 is 0 Å². The highest BCUT2D eigenvalue weighted by Crippen LogP contribution is 2.31. The van der Waals surface area contributed by atoms with Crippen molar-refractivity contribution in [1.29, 1.82) is 0 Å². The quantitative estimate of drug-likeness (QED) is 0.832. The van der Waals surface area contributed by atoms with Gasteiger partial charge in [0.2, 0.25) is 5.91 Å². The molecule has 0 aromatic heterocycles. The molecule has 2 rings (SSSR count). The van der Waals surface area contributed by atoms with Crippen molar-refractivity contribution in [3.05, 3.63) is 29.6 Å². The Labute approximate surface area is 107 Å². The van der Waals surface area contributed by atoms with Crippen LogP contribution in [0.2, 0.25) is 0 Å². The van der Waals surface area contributed by atoms with E-state index in [2.05, 4.69) is 10.6 Å². The van der Waals surface area contributed by atoms with Crippen molar-refractivity contribution in [3.8, 4) is 0 Å². The van der Waals surface area contributed by atoms with Gasteiger partial charge in [-0.15, -0.1) is 0 Å². The second-order valence-corrected chi connectivity index (χ2v) is 4.47. The topological polar surface area (TPSA) is 41.1 Å². The van der Waals surface area contributed by atoms with E-state index in [-0.39, 0.29) is 12.3 Å². The van der Waals surface area contributed by atoms with Crippen molar-refractivity contribution in [2.45, 2.75) is 12.6 Å². The van der Waals surface area contributed by atoms with E-state index in [1.54, 1.807) is 0 Å². The zero-order chi connectivity index (χ0) is 14.0. The molecule has 19 heavy (non-hydrogen) atoms. The third-order valence-electron chi connectivity index (χ3n) is 2.91. The van der Waals surface area contributed by atoms with Gasteiger partial charge in [-0.3, -0.25) is 4.79 Å². The molecule has 7 heteroatoms. The number of hydrogen-bond acceptors (Lipinski definition) is 2. The fourth-order valence-corrected chi connectivity index (χ4v) is 1.75. The Balaban J connectivity index is 2.07. The van der Waals surface area contributed by atoms with Gasteiger partial charge in [-0.2, -0.15) is 13.2 Å². The van der Waals surface area contributed by atoms with Crippen molar-refractivity contribution >= 4 is 11.6 Å². The Hall–Kier alpha value is -1.63. The maximum absolute atomic E-state index is 13.4. The highest BCUT2D eigenvalue weighted by Gasteiger charge is 2.31. The zero-order valence-electron chi connectivity index (χ0n) is 9.85. The minimum atomic E-state index is -4.56. The molecule has 0 atom stereocenters. The summed E-state index contributed by atoms with van der Waals surface area (Å²) < 4.78 is 50.8. The molecule has 0 bridgehead atoms. The second kappa shape index (κ2) is 5.16. The standard InChI is InChI=1S/C12H12F4N2O/c13-9-2-1-8(12(14,15)16)4-10(9)18-11(19)3-7-5-17-6-7/h1-2,4,7,17H,3,5-6H2,(H,18,19). The van der Waals surface area contributed by atoms with E-state index in [0.29, 0.717) is 31.3 Å². The third kappa shape index (κ3) is 3.44. The third-order valence-corrected chi connectivity index (χ3v) is 2.91. The molecule has 3 nitrogen and oxygen atoms in total. The van der Waals surface area contributed by atoms with Gasteiger partial charge in [-0.25, -0.2) is 4.39 Å². The maximum atomic E-state index is 13.4. The average molecular weight is 276 g/mol. The molecule has 1 amide bonds. The number of amides is 1. The van der Waals surface area contributed by atoms with Gasteiger partial charge in [-0.05, 0) is 37.2 Å². The van der Waals surface area contributed by atoms with E-state index < -0.39 is 29.2 Å². The lowest BCUT2D eigenvalue weighted by Gasteiger charge is -2.26. The van der Waals surface area contributed by atoms with Crippen LogP contribution in [0.5, 0.6) is 0 Å². The van der Waals surface area contributed by atoms with Crippen LogP contribution in [0.25, 0.3) is 0 Å². The predicted octanol–water partition coefficient (Wildman–Crippen LogP) is 2.39. The minimum Gasteiger partial charge on any atom is -0.324 e. The number of carbonyl (C=O) groups excluding carboxylic acids is 1. The van der Waals surface area contributed by atoms with Gasteiger partial charge in [0.25, 0.3) is 0 Å². The molecule has 1 fully saturated rings. The van der Waals surface area contributed by atoms with Crippen LogP contribution in [0.4, 0.5) is 23.2 Å². The first-order valence-corrected chi connectivity index (χ1v) is 5.73. The lowest BCUT2D eigenvalue weighted by atomic mass is 9.99. The second-order valence-electron chi connectivity index (χ2n) is 4.47. The minimum absolute atomic E-state index is 0.161. The first-order valence-electron chi connectivity index (χ1n) is 5.73. The van der Waals surface area contributed by atoms with Gasteiger partial charge in [0, 0.05) is 6.42 Å². The lowest BCUT2D eigenvalue weighted by Crippen LogP contribution is -2.43. The molecule has 0 saturated carbocycles. The largest absolute Gasteiger partial charge is 0.416 e. The summed E-state index contributed by atoms with van der Waals surface area (Å²) in [5, 5.41) is 5.15. The Morgan fingerprint density at radius 1 is 1.37 bits per heavy atom. The number of carbonyl (C=O) groups is 1. The highest BCUT2D eigenvalue weighted by molar-refractivity contribution is 5.91. The molecule has 104 valence electrons. The molecule has 1 heterocycles. The average Bonchev–Trinajstić information content (AvgIpc) is 2.25. The van der Waals surface area contributed by atoms with Crippen molar-refractivity contribution < 1.29 is 22.4 Å². The van der Waals surface area contributed by atoms with E-state index in [4.69, 9.17) is 0 Å². The number of anilines is 1. The van der Waals surface area contributed by atoms with E-state index in [9.17, 15) is 22.4 Å². The highest BCUT2D eigenvalue weighted by atomic mass is 19.4. The summed E-state index contributed by atoms with van der Waals surface area (Å²) in [6, 6.07) is 1.94. The molecule has 2 N–H and O–H groups in total. The normalized spacial score (nSPS) is 16.0. The van der Waals surface area contributed by atoms with Gasteiger partial charge in [-0.1, -0.05) is 0 Å². The van der Waals surface area contributed by atoms with Crippen LogP contribution in [-0.4, -0.2) is 19.0 Å². The van der Waals surface area contributed by atoms with Gasteiger partial charge in [0.1, 0.15) is 5.82 Å². The Morgan fingerprint density at radius 2 is 2.05 bits per heavy atom. The summed E-state index contributed by atoms with van der Waals surface area (Å²) in [6.07, 6.45) is -4.40. The van der Waals surface area contributed by atoms with Crippen molar-refractivity contribution in [1.82, 2.24) is 5.32 Å². The van der Waals surface area contributed by atoms with Crippen LogP contribution in [0.15, 0.2) is 18.2 Å². The van der Waals surface area contributed by atoms with Crippen molar-refractivity contribution in [3.63, 3.8) is 0 Å². The Morgan fingerprint density at radius 3 is 2.58 bits per heavy atom. The molecule has 1 aromatic carbocycles. The molecule has 1 aliphatic rings. The number of hydrogen-bond donors (Lipinski definition) is 2. The smallest absolute Gasteiger partial charge is 0.324 e. The van der Waals surface area contributed by atoms with Gasteiger partial charge < -0.3 is 10.6 Å². The molecule has 0 radical (unpaired) electrons. The van der Waals surface area contributed by atoms with E-state index in [0.717, 1.165) is 0 Å². The number of nitrogens with one attached hydrogen (secondary N) is 2. The molecule has 0 spiro atoms. The molecule has 1 aromatic rings. The molecule has 0 aliphatic carbocycles. The predicted molar refractivity (Wildman–Crippen MR) is 61.0 cm³/mol. The van der Waals surface area contributed by atoms with Gasteiger partial charge in [0.15, 0.2) is 0 Å². The maximum Gasteiger partial charge on any atom is 0.416 e. The first kappa shape index (κ1) is 13.8. The fourth-order valence-electron chi connectivity index (χ4n) is 1.75. The van der Waals surface area contributed by atoms with Gasteiger partial charge >= 0.3 is 6.18 Å². The fraction of sp³-hybridized carbons (Fsp3) is 0.417. The molecule has 1 aliphatic heterocycles. The van der Waals surface area contributed by atoms with Crippen LogP contribution in [0.3, 0.4) is 0 Å². The van der Waals surface area contributed by atoms with Crippen LogP contribution < -0.4 is 10.6 Å². The van der Waals surface area contributed by atoms with Crippen molar-refractivity contribution in [2.24, 2.45) is 5.92 Å². The van der Waals surface area contributed by atoms with Crippen LogP contribution in [0.1, 0.15) is 12.0 Å². The zero-order valence-corrected chi connectivity index (χ0v) is 9.85. The van der Waals surface area contributed by atoms with Gasteiger partial charge in [0.05, 0.1) is 11.3 Å².